The minimum absolute atomic E-state index is 0.163. The topological polar surface area (TPSA) is 110 Å². The molecule has 0 aliphatic heterocycles. The first-order chi connectivity index (χ1) is 18.9. The minimum atomic E-state index is -0.253. The lowest BCUT2D eigenvalue weighted by atomic mass is 10.2. The van der Waals surface area contributed by atoms with Gasteiger partial charge < -0.3 is 29.0 Å². The maximum Gasteiger partial charge on any atom is 0.266 e. The summed E-state index contributed by atoms with van der Waals surface area (Å²) in [4.78, 5) is 31.2. The highest BCUT2D eigenvalue weighted by atomic mass is 32.2. The van der Waals surface area contributed by atoms with E-state index in [1.807, 2.05) is 30.3 Å². The van der Waals surface area contributed by atoms with Crippen molar-refractivity contribution in [1.29, 1.82) is 0 Å². The number of hydrogen-bond acceptors (Lipinski definition) is 9. The first-order valence-corrected chi connectivity index (χ1v) is 12.9. The van der Waals surface area contributed by atoms with Crippen LogP contribution < -0.4 is 34.6 Å². The Kier molecular flexibility index (Phi) is 8.82. The van der Waals surface area contributed by atoms with E-state index in [-0.39, 0.29) is 17.9 Å². The number of anilines is 1. The summed E-state index contributed by atoms with van der Waals surface area (Å²) >= 11 is 1.30. The Hall–Kier alpha value is -4.38. The Bertz CT molecular complexity index is 1520. The molecule has 0 spiro atoms. The maximum absolute atomic E-state index is 13.6. The van der Waals surface area contributed by atoms with Crippen molar-refractivity contribution < 1.29 is 28.5 Å². The fourth-order valence-electron chi connectivity index (χ4n) is 4.01. The van der Waals surface area contributed by atoms with Gasteiger partial charge in [0, 0.05) is 36.1 Å². The standard InChI is InChI=1S/C28H29N3O7S/c1-34-21-15-19-20(16-22(21)35-2)30-28(31(27(19)33)18-9-7-6-8-10-18)39-12-11-25(32)29-17-13-23(36-3)26(38-5)24(14-17)37-4/h6-10,13-16H,11-12H2,1-5H3,(H,29,32). The molecule has 10 nitrogen and oxygen atoms in total. The molecule has 1 heterocycles. The summed E-state index contributed by atoms with van der Waals surface area (Å²) in [6.45, 7) is 0. The molecule has 39 heavy (non-hydrogen) atoms. The van der Waals surface area contributed by atoms with Crippen LogP contribution >= 0.6 is 11.8 Å². The number of thioether (sulfide) groups is 1. The Morgan fingerprint density at radius 1 is 0.846 bits per heavy atom. The van der Waals surface area contributed by atoms with Gasteiger partial charge in [0.25, 0.3) is 5.56 Å². The summed E-state index contributed by atoms with van der Waals surface area (Å²) in [6.07, 6.45) is 0.163. The quantitative estimate of drug-likeness (QED) is 0.212. The predicted octanol–water partition coefficient (Wildman–Crippen LogP) is 4.55. The molecule has 0 aliphatic rings. The first-order valence-electron chi connectivity index (χ1n) is 11.9. The van der Waals surface area contributed by atoms with Gasteiger partial charge in [0.15, 0.2) is 28.2 Å². The molecule has 204 valence electrons. The molecule has 0 fully saturated rings. The van der Waals surface area contributed by atoms with Gasteiger partial charge in [-0.05, 0) is 18.2 Å². The van der Waals surface area contributed by atoms with Crippen LogP contribution in [0.1, 0.15) is 6.42 Å². The van der Waals surface area contributed by atoms with Gasteiger partial charge in [0.05, 0.1) is 52.1 Å². The lowest BCUT2D eigenvalue weighted by Gasteiger charge is -2.15. The number of nitrogens with zero attached hydrogens (tertiary/aromatic N) is 2. The number of ether oxygens (including phenoxy) is 5. The van der Waals surface area contributed by atoms with Crippen molar-refractivity contribution in [2.24, 2.45) is 0 Å². The fraction of sp³-hybridized carbons (Fsp3) is 0.250. The monoisotopic (exact) mass is 551 g/mol. The van der Waals surface area contributed by atoms with Crippen molar-refractivity contribution in [3.8, 4) is 34.4 Å². The second kappa shape index (κ2) is 12.4. The van der Waals surface area contributed by atoms with Crippen molar-refractivity contribution in [2.45, 2.75) is 11.6 Å². The second-order valence-corrected chi connectivity index (χ2v) is 9.22. The highest BCUT2D eigenvalue weighted by Crippen LogP contribution is 2.40. The summed E-state index contributed by atoms with van der Waals surface area (Å²) in [5, 5.41) is 3.70. The van der Waals surface area contributed by atoms with Gasteiger partial charge in [-0.15, -0.1) is 0 Å². The lowest BCUT2D eigenvalue weighted by Crippen LogP contribution is -2.22. The number of para-hydroxylation sites is 1. The summed E-state index contributed by atoms with van der Waals surface area (Å²) in [5.74, 6) is 2.35. The molecule has 0 unspecified atom stereocenters. The number of amides is 1. The molecular weight excluding hydrogens is 522 g/mol. The van der Waals surface area contributed by atoms with Crippen molar-refractivity contribution >= 4 is 34.3 Å². The Morgan fingerprint density at radius 2 is 1.46 bits per heavy atom. The third kappa shape index (κ3) is 5.88. The highest BCUT2D eigenvalue weighted by molar-refractivity contribution is 7.99. The van der Waals surface area contributed by atoms with Crippen LogP contribution in [0.25, 0.3) is 16.6 Å². The van der Waals surface area contributed by atoms with Crippen LogP contribution in [-0.4, -0.2) is 56.8 Å². The van der Waals surface area contributed by atoms with Crippen LogP contribution in [0.5, 0.6) is 28.7 Å². The zero-order valence-electron chi connectivity index (χ0n) is 22.3. The lowest BCUT2D eigenvalue weighted by molar-refractivity contribution is -0.115. The number of carbonyl (C=O) groups excluding carboxylic acids is 1. The normalized spacial score (nSPS) is 10.7. The van der Waals surface area contributed by atoms with E-state index < -0.39 is 0 Å². The van der Waals surface area contributed by atoms with Crippen LogP contribution in [-0.2, 0) is 4.79 Å². The van der Waals surface area contributed by atoms with Crippen molar-refractivity contribution in [3.63, 3.8) is 0 Å². The van der Waals surface area contributed by atoms with E-state index in [4.69, 9.17) is 28.7 Å². The molecule has 0 aliphatic carbocycles. The number of methoxy groups -OCH3 is 5. The molecule has 11 heteroatoms. The van der Waals surface area contributed by atoms with E-state index in [1.54, 1.807) is 24.3 Å². The molecule has 1 amide bonds. The van der Waals surface area contributed by atoms with Gasteiger partial charge in [-0.3, -0.25) is 14.2 Å². The molecular formula is C28H29N3O7S. The van der Waals surface area contributed by atoms with Gasteiger partial charge in [-0.25, -0.2) is 4.98 Å². The molecule has 4 rings (SSSR count). The maximum atomic E-state index is 13.6. The molecule has 1 aromatic heterocycles. The molecule has 0 atom stereocenters. The smallest absolute Gasteiger partial charge is 0.266 e. The number of nitrogens with one attached hydrogen (secondary N) is 1. The van der Waals surface area contributed by atoms with Crippen LogP contribution in [0.15, 0.2) is 64.5 Å². The molecule has 0 radical (unpaired) electrons. The van der Waals surface area contributed by atoms with Crippen molar-refractivity contribution in [3.05, 3.63) is 65.0 Å². The summed E-state index contributed by atoms with van der Waals surface area (Å²) in [5.41, 5.74) is 1.38. The molecule has 0 saturated carbocycles. The van der Waals surface area contributed by atoms with Crippen LogP contribution in [0.4, 0.5) is 5.69 Å². The van der Waals surface area contributed by atoms with E-state index in [9.17, 15) is 9.59 Å². The van der Waals surface area contributed by atoms with Crippen molar-refractivity contribution in [2.75, 3.05) is 46.6 Å². The fourth-order valence-corrected chi connectivity index (χ4v) is 4.96. The number of rotatable bonds is 11. The molecule has 0 saturated heterocycles. The average Bonchev–Trinajstić information content (AvgIpc) is 2.96. The van der Waals surface area contributed by atoms with Crippen molar-refractivity contribution in [1.82, 2.24) is 9.55 Å². The van der Waals surface area contributed by atoms with Gasteiger partial charge in [0.1, 0.15) is 0 Å². The number of benzene rings is 3. The first kappa shape index (κ1) is 27.6. The van der Waals surface area contributed by atoms with E-state index in [1.165, 1.54) is 51.9 Å². The largest absolute Gasteiger partial charge is 0.493 e. The second-order valence-electron chi connectivity index (χ2n) is 8.16. The zero-order valence-corrected chi connectivity index (χ0v) is 23.1. The van der Waals surface area contributed by atoms with E-state index in [2.05, 4.69) is 5.32 Å². The van der Waals surface area contributed by atoms with Gasteiger partial charge in [-0.2, -0.15) is 0 Å². The highest BCUT2D eigenvalue weighted by Gasteiger charge is 2.18. The van der Waals surface area contributed by atoms with Gasteiger partial charge in [-0.1, -0.05) is 30.0 Å². The average molecular weight is 552 g/mol. The SMILES string of the molecule is COc1cc2nc(SCCC(=O)Nc3cc(OC)c(OC)c(OC)c3)n(-c3ccccc3)c(=O)c2cc1OC. The molecule has 3 aromatic carbocycles. The number of fused-ring (bicyclic) bond motifs is 1. The number of aromatic nitrogens is 2. The predicted molar refractivity (Wildman–Crippen MR) is 151 cm³/mol. The minimum Gasteiger partial charge on any atom is -0.493 e. The van der Waals surface area contributed by atoms with Crippen LogP contribution in [0, 0.1) is 0 Å². The number of hydrogen-bond donors (Lipinski definition) is 1. The number of carbonyl (C=O) groups is 1. The molecule has 4 aromatic rings. The van der Waals surface area contributed by atoms with Crippen LogP contribution in [0.3, 0.4) is 0 Å². The van der Waals surface area contributed by atoms with Gasteiger partial charge >= 0.3 is 0 Å². The third-order valence-electron chi connectivity index (χ3n) is 5.87. The molecule has 1 N–H and O–H groups in total. The van der Waals surface area contributed by atoms with E-state index >= 15 is 0 Å². The Morgan fingerprint density at radius 3 is 2.05 bits per heavy atom. The molecule has 0 bridgehead atoms. The van der Waals surface area contributed by atoms with E-state index in [0.29, 0.717) is 61.9 Å². The Labute approximate surface area is 229 Å². The van der Waals surface area contributed by atoms with E-state index in [0.717, 1.165) is 0 Å². The summed E-state index contributed by atoms with van der Waals surface area (Å²) < 4.78 is 28.4. The summed E-state index contributed by atoms with van der Waals surface area (Å²) in [6, 6.07) is 15.8. The Balaban J connectivity index is 1.60. The summed E-state index contributed by atoms with van der Waals surface area (Å²) in [7, 11) is 7.57. The van der Waals surface area contributed by atoms with Gasteiger partial charge in [0.2, 0.25) is 11.7 Å². The van der Waals surface area contributed by atoms with Crippen LogP contribution in [0.2, 0.25) is 0 Å². The third-order valence-corrected chi connectivity index (χ3v) is 6.81. The zero-order chi connectivity index (χ0) is 27.9.